The van der Waals surface area contributed by atoms with Gasteiger partial charge in [-0.25, -0.2) is 0 Å². The summed E-state index contributed by atoms with van der Waals surface area (Å²) in [6, 6.07) is 16.3. The van der Waals surface area contributed by atoms with Crippen molar-refractivity contribution in [3.05, 3.63) is 69.7 Å². The molecule has 0 fully saturated rings. The molecule has 16 heavy (non-hydrogen) atoms. The van der Waals surface area contributed by atoms with Gasteiger partial charge in [-0.05, 0) is 35.7 Å². The van der Waals surface area contributed by atoms with E-state index in [1.54, 1.807) is 0 Å². The molecule has 0 N–H and O–H groups in total. The molecule has 2 aromatic rings. The van der Waals surface area contributed by atoms with E-state index < -0.39 is 0 Å². The maximum atomic E-state index is 6.49. The zero-order chi connectivity index (χ0) is 11.5. The van der Waals surface area contributed by atoms with Gasteiger partial charge in [0.05, 0.1) is 5.38 Å². The van der Waals surface area contributed by atoms with Gasteiger partial charge in [0, 0.05) is 4.47 Å². The molecule has 0 saturated carbocycles. The van der Waals surface area contributed by atoms with Crippen molar-refractivity contribution in [3.63, 3.8) is 0 Å². The van der Waals surface area contributed by atoms with Gasteiger partial charge in [-0.3, -0.25) is 0 Å². The second kappa shape index (κ2) is 5.03. The third-order valence-corrected chi connectivity index (χ3v) is 3.59. The standard InChI is InChI=1S/C14H12BrCl/c1-10-7-8-12(15)9-13(10)14(16)11-5-3-2-4-6-11/h2-9,14H,1H3. The largest absolute Gasteiger partial charge is 0.113 e. The molecule has 0 aliphatic carbocycles. The number of halogens is 2. The summed E-state index contributed by atoms with van der Waals surface area (Å²) in [6.07, 6.45) is 0. The summed E-state index contributed by atoms with van der Waals surface area (Å²) in [5.41, 5.74) is 3.50. The molecule has 2 aromatic carbocycles. The molecule has 1 unspecified atom stereocenters. The lowest BCUT2D eigenvalue weighted by molar-refractivity contribution is 1.11. The predicted molar refractivity (Wildman–Crippen MR) is 73.0 cm³/mol. The van der Waals surface area contributed by atoms with E-state index in [0.717, 1.165) is 15.6 Å². The third-order valence-electron chi connectivity index (χ3n) is 2.61. The highest BCUT2D eigenvalue weighted by Gasteiger charge is 2.12. The lowest BCUT2D eigenvalue weighted by Gasteiger charge is -2.13. The summed E-state index contributed by atoms with van der Waals surface area (Å²) in [4.78, 5) is 0. The first kappa shape index (κ1) is 11.7. The van der Waals surface area contributed by atoms with Gasteiger partial charge < -0.3 is 0 Å². The van der Waals surface area contributed by atoms with Crippen molar-refractivity contribution in [2.75, 3.05) is 0 Å². The molecule has 0 aliphatic heterocycles. The van der Waals surface area contributed by atoms with E-state index in [1.165, 1.54) is 5.56 Å². The van der Waals surface area contributed by atoms with Crippen molar-refractivity contribution < 1.29 is 0 Å². The van der Waals surface area contributed by atoms with Gasteiger partial charge in [0.1, 0.15) is 0 Å². The molecule has 0 amide bonds. The van der Waals surface area contributed by atoms with Gasteiger partial charge in [-0.15, -0.1) is 11.6 Å². The summed E-state index contributed by atoms with van der Waals surface area (Å²) >= 11 is 9.97. The highest BCUT2D eigenvalue weighted by molar-refractivity contribution is 9.10. The molecular weight excluding hydrogens is 284 g/mol. The van der Waals surface area contributed by atoms with Crippen molar-refractivity contribution >= 4 is 27.5 Å². The summed E-state index contributed by atoms with van der Waals surface area (Å²) in [6.45, 7) is 2.08. The monoisotopic (exact) mass is 294 g/mol. The average Bonchev–Trinajstić information content (AvgIpc) is 2.32. The first-order valence-corrected chi connectivity index (χ1v) is 6.36. The third kappa shape index (κ3) is 2.47. The normalized spacial score (nSPS) is 12.4. The van der Waals surface area contributed by atoms with E-state index in [1.807, 2.05) is 24.3 Å². The van der Waals surface area contributed by atoms with Gasteiger partial charge in [-0.2, -0.15) is 0 Å². The quantitative estimate of drug-likeness (QED) is 0.677. The number of aryl methyl sites for hydroxylation is 1. The molecule has 2 heteroatoms. The van der Waals surface area contributed by atoms with Gasteiger partial charge >= 0.3 is 0 Å². The Labute approximate surface area is 109 Å². The van der Waals surface area contributed by atoms with Crippen LogP contribution < -0.4 is 0 Å². The van der Waals surface area contributed by atoms with Crippen LogP contribution in [0.15, 0.2) is 53.0 Å². The number of alkyl halides is 1. The Hall–Kier alpha value is -0.790. The molecule has 0 heterocycles. The first-order chi connectivity index (χ1) is 7.68. The summed E-state index contributed by atoms with van der Waals surface area (Å²) in [5, 5.41) is -0.0845. The Bertz CT molecular complexity index is 479. The van der Waals surface area contributed by atoms with Crippen LogP contribution in [-0.4, -0.2) is 0 Å². The molecule has 82 valence electrons. The second-order valence-corrected chi connectivity index (χ2v) is 5.13. The fourth-order valence-electron chi connectivity index (χ4n) is 1.69. The number of rotatable bonds is 2. The van der Waals surface area contributed by atoms with Gasteiger partial charge in [-0.1, -0.05) is 52.3 Å². The Morgan fingerprint density at radius 1 is 1.06 bits per heavy atom. The fraction of sp³-hybridized carbons (Fsp3) is 0.143. The van der Waals surface area contributed by atoms with E-state index in [4.69, 9.17) is 11.6 Å². The zero-order valence-corrected chi connectivity index (χ0v) is 11.3. The molecule has 0 nitrogen and oxygen atoms in total. The maximum absolute atomic E-state index is 6.49. The van der Waals surface area contributed by atoms with Crippen molar-refractivity contribution in [1.82, 2.24) is 0 Å². The molecule has 0 bridgehead atoms. The number of benzene rings is 2. The van der Waals surface area contributed by atoms with Crippen LogP contribution in [0.2, 0.25) is 0 Å². The van der Waals surface area contributed by atoms with Crippen molar-refractivity contribution in [1.29, 1.82) is 0 Å². The first-order valence-electron chi connectivity index (χ1n) is 5.13. The van der Waals surface area contributed by atoms with Crippen LogP contribution in [0, 0.1) is 6.92 Å². The molecule has 1 atom stereocenters. The smallest absolute Gasteiger partial charge is 0.0838 e. The fourth-order valence-corrected chi connectivity index (χ4v) is 2.45. The van der Waals surface area contributed by atoms with Crippen LogP contribution >= 0.6 is 27.5 Å². The van der Waals surface area contributed by atoms with E-state index in [9.17, 15) is 0 Å². The van der Waals surface area contributed by atoms with E-state index in [0.29, 0.717) is 0 Å². The van der Waals surface area contributed by atoms with E-state index in [-0.39, 0.29) is 5.38 Å². The minimum atomic E-state index is -0.0845. The summed E-state index contributed by atoms with van der Waals surface area (Å²) in [5.74, 6) is 0. The maximum Gasteiger partial charge on any atom is 0.0838 e. The average molecular weight is 296 g/mol. The van der Waals surface area contributed by atoms with Crippen molar-refractivity contribution in [2.24, 2.45) is 0 Å². The molecule has 0 spiro atoms. The van der Waals surface area contributed by atoms with E-state index >= 15 is 0 Å². The topological polar surface area (TPSA) is 0 Å². The van der Waals surface area contributed by atoms with Crippen LogP contribution in [-0.2, 0) is 0 Å². The zero-order valence-electron chi connectivity index (χ0n) is 8.95. The number of hydrogen-bond donors (Lipinski definition) is 0. The van der Waals surface area contributed by atoms with Gasteiger partial charge in [0.25, 0.3) is 0 Å². The highest BCUT2D eigenvalue weighted by atomic mass is 79.9. The Morgan fingerprint density at radius 3 is 2.44 bits per heavy atom. The molecule has 0 radical (unpaired) electrons. The Morgan fingerprint density at radius 2 is 1.75 bits per heavy atom. The molecule has 0 aliphatic rings. The molecular formula is C14H12BrCl. The van der Waals surface area contributed by atoms with Crippen LogP contribution in [0.5, 0.6) is 0 Å². The molecule has 0 aromatic heterocycles. The highest BCUT2D eigenvalue weighted by Crippen LogP contribution is 2.32. The van der Waals surface area contributed by atoms with Gasteiger partial charge in [0.2, 0.25) is 0 Å². The van der Waals surface area contributed by atoms with Crippen LogP contribution in [0.1, 0.15) is 22.1 Å². The van der Waals surface area contributed by atoms with Crippen LogP contribution in [0.25, 0.3) is 0 Å². The second-order valence-electron chi connectivity index (χ2n) is 3.77. The van der Waals surface area contributed by atoms with Crippen molar-refractivity contribution in [2.45, 2.75) is 12.3 Å². The van der Waals surface area contributed by atoms with Crippen molar-refractivity contribution in [3.8, 4) is 0 Å². The lowest BCUT2D eigenvalue weighted by atomic mass is 10.0. The van der Waals surface area contributed by atoms with Gasteiger partial charge in [0.15, 0.2) is 0 Å². The SMILES string of the molecule is Cc1ccc(Br)cc1C(Cl)c1ccccc1. The lowest BCUT2D eigenvalue weighted by Crippen LogP contribution is -1.96. The summed E-state index contributed by atoms with van der Waals surface area (Å²) < 4.78 is 1.06. The van der Waals surface area contributed by atoms with Crippen LogP contribution in [0.4, 0.5) is 0 Å². The minimum absolute atomic E-state index is 0.0845. The number of hydrogen-bond acceptors (Lipinski definition) is 0. The molecule has 0 saturated heterocycles. The summed E-state index contributed by atoms with van der Waals surface area (Å²) in [7, 11) is 0. The van der Waals surface area contributed by atoms with Crippen LogP contribution in [0.3, 0.4) is 0 Å². The Kier molecular flexibility index (Phi) is 3.67. The van der Waals surface area contributed by atoms with E-state index in [2.05, 4.69) is 47.1 Å². The molecule has 2 rings (SSSR count). The minimum Gasteiger partial charge on any atom is -0.113 e. The predicted octanol–water partition coefficient (Wildman–Crippen LogP) is 5.09. The Balaban J connectivity index is 2.41.